The molecule has 0 saturated carbocycles. The smallest absolute Gasteiger partial charge is 0.254 e. The molecule has 2 aromatic carbocycles. The van der Waals surface area contributed by atoms with Crippen LogP contribution in [-0.4, -0.2) is 49.4 Å². The second-order valence-electron chi connectivity index (χ2n) is 8.92. The Balaban J connectivity index is 1.33. The third-order valence-electron chi connectivity index (χ3n) is 6.84. The number of benzene rings is 2. The molecule has 33 heavy (non-hydrogen) atoms. The Kier molecular flexibility index (Phi) is 6.49. The van der Waals surface area contributed by atoms with Crippen molar-refractivity contribution in [3.63, 3.8) is 0 Å². The summed E-state index contributed by atoms with van der Waals surface area (Å²) >= 11 is 6.54. The van der Waals surface area contributed by atoms with Crippen molar-refractivity contribution in [1.82, 2.24) is 10.3 Å². The number of rotatable bonds is 5. The number of nitrogens with zero attached hydrogens (tertiary/aromatic N) is 2. The van der Waals surface area contributed by atoms with Crippen molar-refractivity contribution in [2.24, 2.45) is 11.0 Å². The molecule has 5 rings (SSSR count). The summed E-state index contributed by atoms with van der Waals surface area (Å²) in [6.07, 6.45) is 5.60. The van der Waals surface area contributed by atoms with E-state index in [1.807, 2.05) is 25.1 Å². The fraction of sp³-hybridized carbons (Fsp3) is 0.385. The fourth-order valence-corrected chi connectivity index (χ4v) is 5.32. The van der Waals surface area contributed by atoms with Gasteiger partial charge in [-0.1, -0.05) is 48.0 Å². The normalized spacial score (nSPS) is 24.7. The van der Waals surface area contributed by atoms with Crippen LogP contribution in [-0.2, 0) is 9.53 Å². The average Bonchev–Trinajstić information content (AvgIpc) is 3.33. The summed E-state index contributed by atoms with van der Waals surface area (Å²) in [5, 5.41) is 8.91. The molecule has 0 unspecified atom stereocenters. The number of amides is 1. The quantitative estimate of drug-likeness (QED) is 0.392. The predicted molar refractivity (Wildman–Crippen MR) is 132 cm³/mol. The van der Waals surface area contributed by atoms with E-state index in [1.54, 1.807) is 0 Å². The molecular weight excluding hydrogens is 436 g/mol. The van der Waals surface area contributed by atoms with Crippen LogP contribution < -0.4 is 10.7 Å². The van der Waals surface area contributed by atoms with E-state index in [9.17, 15) is 4.79 Å². The Morgan fingerprint density at radius 3 is 2.85 bits per heavy atom. The Hall–Kier alpha value is -2.67. The van der Waals surface area contributed by atoms with Crippen LogP contribution in [0.1, 0.15) is 42.0 Å². The molecule has 1 aliphatic carbocycles. The highest BCUT2D eigenvalue weighted by atomic mass is 35.5. The van der Waals surface area contributed by atoms with Crippen LogP contribution in [0.25, 0.3) is 0 Å². The number of hydrazone groups is 1. The summed E-state index contributed by atoms with van der Waals surface area (Å²) in [7, 11) is 0. The largest absolute Gasteiger partial charge is 0.379 e. The molecule has 0 spiro atoms. The minimum atomic E-state index is -0.0998. The molecule has 3 aliphatic rings. The van der Waals surface area contributed by atoms with Crippen LogP contribution >= 0.6 is 11.6 Å². The molecule has 2 aliphatic heterocycles. The van der Waals surface area contributed by atoms with E-state index in [0.717, 1.165) is 47.1 Å². The first-order valence-corrected chi connectivity index (χ1v) is 11.9. The van der Waals surface area contributed by atoms with Crippen LogP contribution in [0.4, 0.5) is 5.69 Å². The van der Waals surface area contributed by atoms with Crippen molar-refractivity contribution in [2.75, 3.05) is 38.2 Å². The highest BCUT2D eigenvalue weighted by molar-refractivity contribution is 6.31. The summed E-state index contributed by atoms with van der Waals surface area (Å²) in [6, 6.07) is 14.6. The highest BCUT2D eigenvalue weighted by Crippen LogP contribution is 2.50. The van der Waals surface area contributed by atoms with Crippen LogP contribution in [0.5, 0.6) is 0 Å². The molecule has 2 N–H and O–H groups in total. The number of allylic oxidation sites excluding steroid dienone is 2. The monoisotopic (exact) mass is 464 g/mol. The minimum absolute atomic E-state index is 0.0998. The molecular formula is C26H29ClN4O2. The highest BCUT2D eigenvalue weighted by Gasteiger charge is 2.38. The number of halogens is 1. The maximum absolute atomic E-state index is 12.3. The van der Waals surface area contributed by atoms with E-state index in [0.29, 0.717) is 31.6 Å². The molecule has 172 valence electrons. The summed E-state index contributed by atoms with van der Waals surface area (Å²) in [4.78, 5) is 14.4. The number of hydrogen-bond donors (Lipinski definition) is 2. The van der Waals surface area contributed by atoms with Gasteiger partial charge >= 0.3 is 0 Å². The summed E-state index contributed by atoms with van der Waals surface area (Å²) in [5.41, 5.74) is 8.05. The van der Waals surface area contributed by atoms with E-state index in [2.05, 4.69) is 57.2 Å². The first kappa shape index (κ1) is 22.1. The third kappa shape index (κ3) is 4.69. The molecule has 2 aromatic rings. The van der Waals surface area contributed by atoms with Gasteiger partial charge in [0.2, 0.25) is 0 Å². The summed E-state index contributed by atoms with van der Waals surface area (Å²) in [5.74, 6) is 0.640. The van der Waals surface area contributed by atoms with Gasteiger partial charge in [0.1, 0.15) is 0 Å². The minimum Gasteiger partial charge on any atom is -0.379 e. The van der Waals surface area contributed by atoms with Gasteiger partial charge in [-0.25, -0.2) is 5.43 Å². The van der Waals surface area contributed by atoms with Crippen LogP contribution in [0.15, 0.2) is 59.7 Å². The van der Waals surface area contributed by atoms with Gasteiger partial charge in [-0.2, -0.15) is 5.10 Å². The first-order chi connectivity index (χ1) is 16.1. The molecule has 2 heterocycles. The third-order valence-corrected chi connectivity index (χ3v) is 7.18. The lowest BCUT2D eigenvalue weighted by molar-refractivity contribution is -0.123. The Labute approximate surface area is 199 Å². The number of morpholine rings is 1. The van der Waals surface area contributed by atoms with Crippen molar-refractivity contribution in [3.8, 4) is 0 Å². The van der Waals surface area contributed by atoms with Crippen LogP contribution in [0.2, 0.25) is 5.02 Å². The molecule has 3 atom stereocenters. The van der Waals surface area contributed by atoms with E-state index >= 15 is 0 Å². The second-order valence-corrected chi connectivity index (χ2v) is 9.33. The van der Waals surface area contributed by atoms with Gasteiger partial charge in [0, 0.05) is 29.7 Å². The molecule has 1 saturated heterocycles. The van der Waals surface area contributed by atoms with E-state index < -0.39 is 0 Å². The SMILES string of the molecule is C/C(=N/NC(=O)CN1CCOCC1)c1ccc2c(c1)[C@@H]1C=CC[C@@H]1[C@@H](c1ccccc1Cl)N2. The van der Waals surface area contributed by atoms with Crippen LogP contribution in [0, 0.1) is 5.92 Å². The lowest BCUT2D eigenvalue weighted by Gasteiger charge is -2.38. The van der Waals surface area contributed by atoms with Crippen molar-refractivity contribution in [1.29, 1.82) is 0 Å². The Bertz CT molecular complexity index is 1090. The topological polar surface area (TPSA) is 66.0 Å². The number of ether oxygens (including phenoxy) is 1. The van der Waals surface area contributed by atoms with Gasteiger partial charge in [0.25, 0.3) is 5.91 Å². The Morgan fingerprint density at radius 1 is 1.21 bits per heavy atom. The first-order valence-electron chi connectivity index (χ1n) is 11.6. The molecule has 0 radical (unpaired) electrons. The van der Waals surface area contributed by atoms with Gasteiger partial charge in [-0.05, 0) is 54.2 Å². The van der Waals surface area contributed by atoms with Gasteiger partial charge < -0.3 is 10.1 Å². The van der Waals surface area contributed by atoms with Gasteiger partial charge in [-0.3, -0.25) is 9.69 Å². The zero-order chi connectivity index (χ0) is 22.8. The number of fused-ring (bicyclic) bond motifs is 3. The molecule has 0 aromatic heterocycles. The van der Waals surface area contributed by atoms with Crippen molar-refractivity contribution in [2.45, 2.75) is 25.3 Å². The molecule has 6 nitrogen and oxygen atoms in total. The summed E-state index contributed by atoms with van der Waals surface area (Å²) < 4.78 is 5.33. The maximum atomic E-state index is 12.3. The standard InChI is InChI=1S/C26H29ClN4O2/c1-17(29-30-25(32)16-31-11-13-33-14-12-31)18-9-10-24-22(15-18)19-6-4-7-20(19)26(28-24)21-5-2-3-8-23(21)27/h2-6,8-10,15,19-20,26,28H,7,11-14,16H2,1H3,(H,30,32)/b29-17-/t19-,20+,26+/m1/s1. The lowest BCUT2D eigenvalue weighted by atomic mass is 9.76. The Morgan fingerprint density at radius 2 is 2.03 bits per heavy atom. The zero-order valence-corrected chi connectivity index (χ0v) is 19.5. The lowest BCUT2D eigenvalue weighted by Crippen LogP contribution is -2.42. The fourth-order valence-electron chi connectivity index (χ4n) is 5.06. The van der Waals surface area contributed by atoms with Crippen molar-refractivity contribution < 1.29 is 9.53 Å². The number of hydrogen-bond acceptors (Lipinski definition) is 5. The number of carbonyl (C=O) groups is 1. The molecule has 0 bridgehead atoms. The van der Waals surface area contributed by atoms with E-state index in [1.165, 1.54) is 5.56 Å². The zero-order valence-electron chi connectivity index (χ0n) is 18.8. The number of carbonyl (C=O) groups excluding carboxylic acids is 1. The number of anilines is 1. The number of nitrogens with one attached hydrogen (secondary N) is 2. The van der Waals surface area contributed by atoms with E-state index in [-0.39, 0.29) is 11.9 Å². The van der Waals surface area contributed by atoms with Gasteiger partial charge in [-0.15, -0.1) is 0 Å². The van der Waals surface area contributed by atoms with Crippen molar-refractivity contribution >= 4 is 28.9 Å². The maximum Gasteiger partial charge on any atom is 0.254 e. The van der Waals surface area contributed by atoms with Crippen LogP contribution in [0.3, 0.4) is 0 Å². The molecule has 1 amide bonds. The predicted octanol–water partition coefficient (Wildman–Crippen LogP) is 4.34. The summed E-state index contributed by atoms with van der Waals surface area (Å²) in [6.45, 7) is 5.17. The molecule has 7 heteroatoms. The van der Waals surface area contributed by atoms with Gasteiger partial charge in [0.05, 0.1) is 31.5 Å². The average molecular weight is 465 g/mol. The van der Waals surface area contributed by atoms with Gasteiger partial charge in [0.15, 0.2) is 0 Å². The molecule has 1 fully saturated rings. The second kappa shape index (κ2) is 9.67. The van der Waals surface area contributed by atoms with Crippen molar-refractivity contribution in [3.05, 3.63) is 76.3 Å². The van der Waals surface area contributed by atoms with E-state index in [4.69, 9.17) is 16.3 Å².